The Balaban J connectivity index is 2.26. The summed E-state index contributed by atoms with van der Waals surface area (Å²) >= 11 is 0. The topological polar surface area (TPSA) is 66.5 Å². The highest BCUT2D eigenvalue weighted by atomic mass is 32.2. The van der Waals surface area contributed by atoms with Crippen LogP contribution in [0.25, 0.3) is 0 Å². The Kier molecular flexibility index (Phi) is 4.75. The van der Waals surface area contributed by atoms with Gasteiger partial charge < -0.3 is 5.32 Å². The van der Waals surface area contributed by atoms with Gasteiger partial charge in [0, 0.05) is 18.3 Å². The molecule has 0 atom stereocenters. The maximum atomic E-state index is 12.4. The molecule has 0 fully saturated rings. The molecule has 0 unspecified atom stereocenters. The van der Waals surface area contributed by atoms with Crippen molar-refractivity contribution in [1.82, 2.24) is 0 Å². The Morgan fingerprint density at radius 1 is 1.04 bits per heavy atom. The molecule has 2 aromatic carbocycles. The minimum absolute atomic E-state index is 0.279. The summed E-state index contributed by atoms with van der Waals surface area (Å²) in [4.78, 5) is 12.4. The molecule has 1 N–H and O–H groups in total. The molecule has 122 valence electrons. The SMILES string of the molecule is Cc1cc(C)cc(NC(=O)c2cccc(N(C)S(C)(=O)=O)c2)c1. The summed E-state index contributed by atoms with van der Waals surface area (Å²) in [6, 6.07) is 12.3. The van der Waals surface area contributed by atoms with E-state index in [0.29, 0.717) is 11.3 Å². The summed E-state index contributed by atoms with van der Waals surface area (Å²) in [5, 5.41) is 2.84. The van der Waals surface area contributed by atoms with Crippen molar-refractivity contribution in [3.8, 4) is 0 Å². The maximum absolute atomic E-state index is 12.4. The number of amides is 1. The molecule has 0 aliphatic heterocycles. The van der Waals surface area contributed by atoms with Gasteiger partial charge in [0.1, 0.15) is 0 Å². The van der Waals surface area contributed by atoms with Gasteiger partial charge in [-0.3, -0.25) is 9.10 Å². The van der Waals surface area contributed by atoms with Crippen molar-refractivity contribution in [2.45, 2.75) is 13.8 Å². The van der Waals surface area contributed by atoms with Crippen LogP contribution in [0.4, 0.5) is 11.4 Å². The minimum Gasteiger partial charge on any atom is -0.322 e. The first-order valence-corrected chi connectivity index (χ1v) is 8.95. The van der Waals surface area contributed by atoms with Crippen LogP contribution in [-0.4, -0.2) is 27.6 Å². The van der Waals surface area contributed by atoms with Gasteiger partial charge in [-0.2, -0.15) is 0 Å². The molecule has 1 amide bonds. The van der Waals surface area contributed by atoms with E-state index >= 15 is 0 Å². The average molecular weight is 332 g/mol. The van der Waals surface area contributed by atoms with E-state index in [9.17, 15) is 13.2 Å². The highest BCUT2D eigenvalue weighted by Crippen LogP contribution is 2.19. The fourth-order valence-electron chi connectivity index (χ4n) is 2.28. The second-order valence-electron chi connectivity index (χ2n) is 5.61. The number of sulfonamides is 1. The van der Waals surface area contributed by atoms with E-state index < -0.39 is 10.0 Å². The molecule has 0 saturated heterocycles. The summed E-state index contributed by atoms with van der Waals surface area (Å²) in [5.74, 6) is -0.279. The van der Waals surface area contributed by atoms with Crippen molar-refractivity contribution in [1.29, 1.82) is 0 Å². The molecule has 0 spiro atoms. The molecule has 2 rings (SSSR count). The molecular weight excluding hydrogens is 312 g/mol. The van der Waals surface area contributed by atoms with Gasteiger partial charge in [0.25, 0.3) is 5.91 Å². The van der Waals surface area contributed by atoms with Crippen LogP contribution in [0.3, 0.4) is 0 Å². The number of nitrogens with one attached hydrogen (secondary N) is 1. The molecule has 0 radical (unpaired) electrons. The maximum Gasteiger partial charge on any atom is 0.255 e. The zero-order chi connectivity index (χ0) is 17.2. The van der Waals surface area contributed by atoms with E-state index in [1.54, 1.807) is 24.3 Å². The second-order valence-corrected chi connectivity index (χ2v) is 7.63. The van der Waals surface area contributed by atoms with Crippen molar-refractivity contribution in [3.05, 3.63) is 59.2 Å². The number of nitrogens with zero attached hydrogens (tertiary/aromatic N) is 1. The van der Waals surface area contributed by atoms with Crippen LogP contribution in [-0.2, 0) is 10.0 Å². The largest absolute Gasteiger partial charge is 0.322 e. The highest BCUT2D eigenvalue weighted by Gasteiger charge is 2.14. The number of aryl methyl sites for hydroxylation is 2. The van der Waals surface area contributed by atoms with Gasteiger partial charge in [-0.05, 0) is 55.3 Å². The molecule has 0 aliphatic carbocycles. The third-order valence-corrected chi connectivity index (χ3v) is 4.65. The van der Waals surface area contributed by atoms with Crippen LogP contribution >= 0.6 is 0 Å². The summed E-state index contributed by atoms with van der Waals surface area (Å²) < 4.78 is 24.3. The van der Waals surface area contributed by atoms with Crippen molar-refractivity contribution >= 4 is 27.3 Å². The van der Waals surface area contributed by atoms with E-state index in [-0.39, 0.29) is 5.91 Å². The predicted octanol–water partition coefficient (Wildman–Crippen LogP) is 2.95. The van der Waals surface area contributed by atoms with Crippen molar-refractivity contribution < 1.29 is 13.2 Å². The lowest BCUT2D eigenvalue weighted by molar-refractivity contribution is 0.102. The van der Waals surface area contributed by atoms with Crippen LogP contribution in [0.1, 0.15) is 21.5 Å². The first-order chi connectivity index (χ1) is 10.7. The Labute approximate surface area is 137 Å². The highest BCUT2D eigenvalue weighted by molar-refractivity contribution is 7.92. The fraction of sp³-hybridized carbons (Fsp3) is 0.235. The Hall–Kier alpha value is -2.34. The number of benzene rings is 2. The monoisotopic (exact) mass is 332 g/mol. The quantitative estimate of drug-likeness (QED) is 0.936. The number of rotatable bonds is 4. The standard InChI is InChI=1S/C17H20N2O3S/c1-12-8-13(2)10-15(9-12)18-17(20)14-6-5-7-16(11-14)19(3)23(4,21)22/h5-11H,1-4H3,(H,18,20). The van der Waals surface area contributed by atoms with Gasteiger partial charge in [0.15, 0.2) is 0 Å². The second kappa shape index (κ2) is 6.42. The molecule has 23 heavy (non-hydrogen) atoms. The van der Waals surface area contributed by atoms with Crippen molar-refractivity contribution in [3.63, 3.8) is 0 Å². The number of hydrogen-bond acceptors (Lipinski definition) is 3. The van der Waals surface area contributed by atoms with E-state index in [1.807, 2.05) is 32.0 Å². The molecule has 0 aliphatic rings. The van der Waals surface area contributed by atoms with E-state index in [4.69, 9.17) is 0 Å². The molecule has 6 heteroatoms. The van der Waals surface area contributed by atoms with Crippen molar-refractivity contribution in [2.24, 2.45) is 0 Å². The molecule has 0 saturated carbocycles. The molecule has 0 aromatic heterocycles. The summed E-state index contributed by atoms with van der Waals surface area (Å²) in [5.41, 5.74) is 3.68. The normalized spacial score (nSPS) is 11.1. The summed E-state index contributed by atoms with van der Waals surface area (Å²) in [6.07, 6.45) is 1.12. The zero-order valence-electron chi connectivity index (χ0n) is 13.6. The third-order valence-electron chi connectivity index (χ3n) is 3.45. The van der Waals surface area contributed by atoms with Crippen LogP contribution in [0.5, 0.6) is 0 Å². The average Bonchev–Trinajstić information content (AvgIpc) is 2.44. The Morgan fingerprint density at radius 3 is 2.22 bits per heavy atom. The number of anilines is 2. The zero-order valence-corrected chi connectivity index (χ0v) is 14.4. The first-order valence-electron chi connectivity index (χ1n) is 7.10. The molecular formula is C17H20N2O3S. The molecule has 0 heterocycles. The van der Waals surface area contributed by atoms with Crippen LogP contribution < -0.4 is 9.62 Å². The van der Waals surface area contributed by atoms with Crippen LogP contribution in [0, 0.1) is 13.8 Å². The predicted molar refractivity (Wildman–Crippen MR) is 93.6 cm³/mol. The fourth-order valence-corrected chi connectivity index (χ4v) is 2.78. The smallest absolute Gasteiger partial charge is 0.255 e. The molecule has 5 nitrogen and oxygen atoms in total. The summed E-state index contributed by atoms with van der Waals surface area (Å²) in [6.45, 7) is 3.93. The van der Waals surface area contributed by atoms with Crippen LogP contribution in [0.2, 0.25) is 0 Å². The number of hydrogen-bond donors (Lipinski definition) is 1. The van der Waals surface area contributed by atoms with E-state index in [2.05, 4.69) is 5.32 Å². The third kappa shape index (κ3) is 4.32. The van der Waals surface area contributed by atoms with Gasteiger partial charge >= 0.3 is 0 Å². The van der Waals surface area contributed by atoms with E-state index in [0.717, 1.165) is 27.4 Å². The van der Waals surface area contributed by atoms with Gasteiger partial charge in [0.05, 0.1) is 11.9 Å². The van der Waals surface area contributed by atoms with Crippen molar-refractivity contribution in [2.75, 3.05) is 22.9 Å². The van der Waals surface area contributed by atoms with E-state index in [1.165, 1.54) is 7.05 Å². The van der Waals surface area contributed by atoms with Gasteiger partial charge in [-0.1, -0.05) is 12.1 Å². The molecule has 2 aromatic rings. The molecule has 0 bridgehead atoms. The lowest BCUT2D eigenvalue weighted by atomic mass is 10.1. The minimum atomic E-state index is -3.37. The Bertz CT molecular complexity index is 824. The number of carbonyl (C=O) groups excluding carboxylic acids is 1. The van der Waals surface area contributed by atoms with Gasteiger partial charge in [-0.25, -0.2) is 8.42 Å². The lowest BCUT2D eigenvalue weighted by Crippen LogP contribution is -2.25. The van der Waals surface area contributed by atoms with Gasteiger partial charge in [0.2, 0.25) is 10.0 Å². The Morgan fingerprint density at radius 2 is 1.65 bits per heavy atom. The lowest BCUT2D eigenvalue weighted by Gasteiger charge is -2.17. The number of carbonyl (C=O) groups is 1. The van der Waals surface area contributed by atoms with Crippen LogP contribution in [0.15, 0.2) is 42.5 Å². The first kappa shape index (κ1) is 17.0. The summed E-state index contributed by atoms with van der Waals surface area (Å²) in [7, 11) is -1.91. The van der Waals surface area contributed by atoms with Gasteiger partial charge in [-0.15, -0.1) is 0 Å².